The van der Waals surface area contributed by atoms with E-state index in [0.29, 0.717) is 23.9 Å². The maximum absolute atomic E-state index is 12.9. The van der Waals surface area contributed by atoms with Crippen molar-refractivity contribution in [3.05, 3.63) is 102 Å². The summed E-state index contributed by atoms with van der Waals surface area (Å²) in [5, 5.41) is 6.22. The fraction of sp³-hybridized carbons (Fsp3) is 0.0833. The molecule has 0 aliphatic rings. The Morgan fingerprint density at radius 1 is 0.900 bits per heavy atom. The van der Waals surface area contributed by atoms with Crippen LogP contribution in [0.3, 0.4) is 0 Å². The molecular weight excluding hydrogens is 374 g/mol. The second kappa shape index (κ2) is 8.96. The number of aryl methyl sites for hydroxylation is 1. The van der Waals surface area contributed by atoms with E-state index in [0.717, 1.165) is 22.4 Å². The van der Waals surface area contributed by atoms with Gasteiger partial charge in [0.1, 0.15) is 11.5 Å². The molecule has 2 heterocycles. The summed E-state index contributed by atoms with van der Waals surface area (Å²) in [6, 6.07) is 22.8. The third kappa shape index (κ3) is 4.67. The summed E-state index contributed by atoms with van der Waals surface area (Å²) in [5.74, 6) is 0.789. The summed E-state index contributed by atoms with van der Waals surface area (Å²) in [4.78, 5) is 26.1. The number of carbonyl (C=O) groups is 1. The molecule has 6 nitrogen and oxygen atoms in total. The average Bonchev–Trinajstić information content (AvgIpc) is 2.80. The van der Waals surface area contributed by atoms with Gasteiger partial charge in [-0.3, -0.25) is 9.78 Å². The van der Waals surface area contributed by atoms with Crippen molar-refractivity contribution in [2.24, 2.45) is 0 Å². The lowest BCUT2D eigenvalue weighted by Gasteiger charge is -2.12. The minimum Gasteiger partial charge on any atom is -0.366 e. The Balaban J connectivity index is 1.64. The Bertz CT molecular complexity index is 1150. The molecule has 6 heteroatoms. The predicted octanol–water partition coefficient (Wildman–Crippen LogP) is 4.71. The number of hydrogen-bond acceptors (Lipinski definition) is 5. The van der Waals surface area contributed by atoms with Crippen LogP contribution in [0, 0.1) is 6.92 Å². The molecule has 2 aromatic heterocycles. The third-order valence-electron chi connectivity index (χ3n) is 4.61. The van der Waals surface area contributed by atoms with Gasteiger partial charge in [-0.2, -0.15) is 0 Å². The van der Waals surface area contributed by atoms with E-state index in [1.807, 2.05) is 73.7 Å². The van der Waals surface area contributed by atoms with E-state index in [-0.39, 0.29) is 5.91 Å². The molecule has 1 amide bonds. The summed E-state index contributed by atoms with van der Waals surface area (Å²) >= 11 is 0. The van der Waals surface area contributed by atoms with Gasteiger partial charge in [-0.05, 0) is 36.2 Å². The molecule has 0 aliphatic heterocycles. The minimum absolute atomic E-state index is 0.282. The normalized spacial score (nSPS) is 10.4. The van der Waals surface area contributed by atoms with Gasteiger partial charge in [0, 0.05) is 36.3 Å². The monoisotopic (exact) mass is 395 g/mol. The maximum atomic E-state index is 12.9. The summed E-state index contributed by atoms with van der Waals surface area (Å²) < 4.78 is 0. The van der Waals surface area contributed by atoms with E-state index in [2.05, 4.69) is 25.6 Å². The highest BCUT2D eigenvalue weighted by Gasteiger charge is 2.14. The molecule has 2 aromatic carbocycles. The van der Waals surface area contributed by atoms with Gasteiger partial charge >= 0.3 is 0 Å². The van der Waals surface area contributed by atoms with Crippen molar-refractivity contribution >= 4 is 17.4 Å². The van der Waals surface area contributed by atoms with Crippen molar-refractivity contribution < 1.29 is 4.79 Å². The highest BCUT2D eigenvalue weighted by molar-refractivity contribution is 6.03. The molecule has 0 spiro atoms. The molecule has 0 saturated carbocycles. The highest BCUT2D eigenvalue weighted by Crippen LogP contribution is 2.20. The first-order valence-electron chi connectivity index (χ1n) is 9.63. The number of hydrogen-bond donors (Lipinski definition) is 2. The third-order valence-corrected chi connectivity index (χ3v) is 4.61. The molecule has 0 aliphatic carbocycles. The van der Waals surface area contributed by atoms with Crippen molar-refractivity contribution in [3.63, 3.8) is 0 Å². The average molecular weight is 395 g/mol. The van der Waals surface area contributed by atoms with Gasteiger partial charge in [0.2, 0.25) is 0 Å². The second-order valence-electron chi connectivity index (χ2n) is 6.81. The van der Waals surface area contributed by atoms with E-state index in [1.54, 1.807) is 18.5 Å². The van der Waals surface area contributed by atoms with Gasteiger partial charge in [0.15, 0.2) is 5.82 Å². The molecule has 0 bridgehead atoms. The highest BCUT2D eigenvalue weighted by atomic mass is 16.1. The number of nitrogens with one attached hydrogen (secondary N) is 2. The topological polar surface area (TPSA) is 79.8 Å². The fourth-order valence-corrected chi connectivity index (χ4v) is 2.96. The summed E-state index contributed by atoms with van der Waals surface area (Å²) in [6.45, 7) is 2.51. The number of rotatable bonds is 6. The summed E-state index contributed by atoms with van der Waals surface area (Å²) in [6.07, 6.45) is 3.49. The van der Waals surface area contributed by atoms with Gasteiger partial charge in [-0.25, -0.2) is 9.97 Å². The largest absolute Gasteiger partial charge is 0.366 e. The molecule has 2 N–H and O–H groups in total. The van der Waals surface area contributed by atoms with E-state index in [9.17, 15) is 4.79 Å². The number of pyridine rings is 1. The Kier molecular flexibility index (Phi) is 5.75. The molecule has 0 unspecified atom stereocenters. The zero-order chi connectivity index (χ0) is 20.8. The molecule has 4 rings (SSSR count). The van der Waals surface area contributed by atoms with Crippen LogP contribution >= 0.6 is 0 Å². The van der Waals surface area contributed by atoms with Crippen LogP contribution in [-0.4, -0.2) is 20.9 Å². The van der Waals surface area contributed by atoms with Gasteiger partial charge in [-0.15, -0.1) is 0 Å². The molecule has 148 valence electrons. The number of nitrogens with zero attached hydrogens (tertiary/aromatic N) is 3. The number of carbonyl (C=O) groups excluding carboxylic acids is 1. The first-order valence-corrected chi connectivity index (χ1v) is 9.63. The molecule has 0 saturated heterocycles. The van der Waals surface area contributed by atoms with E-state index in [4.69, 9.17) is 0 Å². The fourth-order valence-electron chi connectivity index (χ4n) is 2.96. The standard InChI is InChI=1S/C24H21N5O/c1-17-7-5-6-10-20(17)28-24(30)21-15-22(26-16-18-11-13-25-14-12-18)29-23(27-21)19-8-3-2-4-9-19/h2-15H,16H2,1H3,(H,28,30)(H,26,27,29). The van der Waals surface area contributed by atoms with Crippen LogP contribution in [0.15, 0.2) is 85.2 Å². The quantitative estimate of drug-likeness (QED) is 0.494. The minimum atomic E-state index is -0.282. The van der Waals surface area contributed by atoms with Crippen LogP contribution in [0.2, 0.25) is 0 Å². The van der Waals surface area contributed by atoms with E-state index in [1.165, 1.54) is 0 Å². The van der Waals surface area contributed by atoms with Crippen molar-refractivity contribution in [2.45, 2.75) is 13.5 Å². The Hall–Kier alpha value is -4.06. The van der Waals surface area contributed by atoms with Gasteiger partial charge in [0.05, 0.1) is 0 Å². The predicted molar refractivity (Wildman–Crippen MR) is 118 cm³/mol. The van der Waals surface area contributed by atoms with Crippen molar-refractivity contribution in [1.82, 2.24) is 15.0 Å². The molecule has 0 radical (unpaired) electrons. The van der Waals surface area contributed by atoms with Gasteiger partial charge in [-0.1, -0.05) is 48.5 Å². The first-order chi connectivity index (χ1) is 14.7. The first kappa shape index (κ1) is 19.3. The Labute approximate surface area is 175 Å². The maximum Gasteiger partial charge on any atom is 0.274 e. The van der Waals surface area contributed by atoms with E-state index >= 15 is 0 Å². The second-order valence-corrected chi connectivity index (χ2v) is 6.81. The van der Waals surface area contributed by atoms with Crippen LogP contribution in [0.1, 0.15) is 21.6 Å². The number of aromatic nitrogens is 3. The van der Waals surface area contributed by atoms with Crippen LogP contribution in [0.5, 0.6) is 0 Å². The number of anilines is 2. The van der Waals surface area contributed by atoms with Crippen molar-refractivity contribution in [2.75, 3.05) is 10.6 Å². The van der Waals surface area contributed by atoms with Gasteiger partial charge < -0.3 is 10.6 Å². The lowest BCUT2D eigenvalue weighted by molar-refractivity contribution is 0.102. The van der Waals surface area contributed by atoms with E-state index < -0.39 is 0 Å². The SMILES string of the molecule is Cc1ccccc1NC(=O)c1cc(NCc2ccncc2)nc(-c2ccccc2)n1. The van der Waals surface area contributed by atoms with Crippen LogP contribution < -0.4 is 10.6 Å². The Morgan fingerprint density at radius 3 is 2.40 bits per heavy atom. The summed E-state index contributed by atoms with van der Waals surface area (Å²) in [5.41, 5.74) is 3.95. The van der Waals surface area contributed by atoms with Crippen LogP contribution in [0.4, 0.5) is 11.5 Å². The number of benzene rings is 2. The molecule has 30 heavy (non-hydrogen) atoms. The van der Waals surface area contributed by atoms with Gasteiger partial charge in [0.25, 0.3) is 5.91 Å². The van der Waals surface area contributed by atoms with Crippen LogP contribution in [-0.2, 0) is 6.54 Å². The number of para-hydroxylation sites is 1. The molecule has 0 atom stereocenters. The van der Waals surface area contributed by atoms with Crippen LogP contribution in [0.25, 0.3) is 11.4 Å². The molecule has 4 aromatic rings. The van der Waals surface area contributed by atoms with Crippen molar-refractivity contribution in [3.8, 4) is 11.4 Å². The Morgan fingerprint density at radius 2 is 1.63 bits per heavy atom. The smallest absolute Gasteiger partial charge is 0.274 e. The molecular formula is C24H21N5O. The zero-order valence-corrected chi connectivity index (χ0v) is 16.5. The lowest BCUT2D eigenvalue weighted by atomic mass is 10.2. The molecule has 0 fully saturated rings. The number of amides is 1. The summed E-state index contributed by atoms with van der Waals surface area (Å²) in [7, 11) is 0. The zero-order valence-electron chi connectivity index (χ0n) is 16.5. The van der Waals surface area contributed by atoms with Crippen molar-refractivity contribution in [1.29, 1.82) is 0 Å². The lowest BCUT2D eigenvalue weighted by Crippen LogP contribution is -2.16.